The number of nitrogens with zero attached hydrogens (tertiary/aromatic N) is 2. The van der Waals surface area contributed by atoms with Crippen LogP contribution in [-0.4, -0.2) is 16.1 Å². The van der Waals surface area contributed by atoms with Gasteiger partial charge in [-0.15, -0.1) is 0 Å². The number of fused-ring (bicyclic) bond motifs is 2. The van der Waals surface area contributed by atoms with Gasteiger partial charge in [0.05, 0.1) is 11.0 Å². The predicted molar refractivity (Wildman–Crippen MR) is 67.0 cm³/mol. The van der Waals surface area contributed by atoms with Crippen molar-refractivity contribution >= 4 is 16.7 Å². The van der Waals surface area contributed by atoms with E-state index < -0.39 is 0 Å². The van der Waals surface area contributed by atoms with E-state index in [0.29, 0.717) is 5.92 Å². The lowest BCUT2D eigenvalue weighted by Gasteiger charge is -2.05. The Balaban J connectivity index is 2.28. The van der Waals surface area contributed by atoms with Crippen molar-refractivity contribution in [3.05, 3.63) is 23.5 Å². The van der Waals surface area contributed by atoms with Crippen molar-refractivity contribution in [1.29, 1.82) is 0 Å². The number of anilines is 1. The molecule has 0 aliphatic carbocycles. The first-order chi connectivity index (χ1) is 7.66. The number of benzene rings is 1. The van der Waals surface area contributed by atoms with Crippen LogP contribution in [0.1, 0.15) is 31.2 Å². The number of rotatable bonds is 1. The molecule has 2 heterocycles. The van der Waals surface area contributed by atoms with Crippen LogP contribution in [0.4, 0.5) is 5.69 Å². The van der Waals surface area contributed by atoms with Crippen LogP contribution < -0.4 is 5.32 Å². The highest BCUT2D eigenvalue weighted by Gasteiger charge is 2.16. The fraction of sp³-hybridized carbons (Fsp3) is 0.462. The third kappa shape index (κ3) is 1.24. The van der Waals surface area contributed by atoms with Crippen LogP contribution in [0.25, 0.3) is 11.0 Å². The van der Waals surface area contributed by atoms with Crippen LogP contribution in [-0.2, 0) is 13.5 Å². The van der Waals surface area contributed by atoms with Crippen LogP contribution in [0.5, 0.6) is 0 Å². The molecule has 1 aromatic carbocycles. The number of aryl methyl sites for hydroxylation is 1. The third-order valence-corrected chi connectivity index (χ3v) is 3.37. The topological polar surface area (TPSA) is 29.9 Å². The molecular weight excluding hydrogens is 198 g/mol. The summed E-state index contributed by atoms with van der Waals surface area (Å²) in [5.74, 6) is 1.64. The van der Waals surface area contributed by atoms with E-state index in [9.17, 15) is 0 Å². The molecule has 1 aromatic heterocycles. The molecule has 0 bridgehead atoms. The quantitative estimate of drug-likeness (QED) is 0.792. The Hall–Kier alpha value is -1.51. The summed E-state index contributed by atoms with van der Waals surface area (Å²) in [4.78, 5) is 4.71. The Morgan fingerprint density at radius 3 is 2.94 bits per heavy atom. The minimum Gasteiger partial charge on any atom is -0.384 e. The zero-order chi connectivity index (χ0) is 11.3. The van der Waals surface area contributed by atoms with E-state index in [4.69, 9.17) is 4.98 Å². The van der Waals surface area contributed by atoms with E-state index in [2.05, 4.69) is 42.9 Å². The van der Waals surface area contributed by atoms with Gasteiger partial charge in [0, 0.05) is 25.2 Å². The van der Waals surface area contributed by atoms with Crippen LogP contribution in [0.15, 0.2) is 12.1 Å². The summed E-state index contributed by atoms with van der Waals surface area (Å²) in [6, 6.07) is 4.47. The van der Waals surface area contributed by atoms with E-state index in [1.807, 2.05) is 0 Å². The van der Waals surface area contributed by atoms with Crippen molar-refractivity contribution in [2.75, 3.05) is 11.9 Å². The Morgan fingerprint density at radius 2 is 2.19 bits per heavy atom. The van der Waals surface area contributed by atoms with E-state index in [0.717, 1.165) is 18.5 Å². The molecule has 1 aliphatic rings. The number of aromatic nitrogens is 2. The first kappa shape index (κ1) is 9.70. The predicted octanol–water partition coefficient (Wildman–Crippen LogP) is 2.66. The fourth-order valence-corrected chi connectivity index (χ4v) is 2.52. The minimum atomic E-state index is 0.472. The Morgan fingerprint density at radius 1 is 1.38 bits per heavy atom. The minimum absolute atomic E-state index is 0.472. The van der Waals surface area contributed by atoms with Crippen molar-refractivity contribution in [2.45, 2.75) is 26.2 Å². The smallest absolute Gasteiger partial charge is 0.112 e. The molecule has 84 valence electrons. The summed E-state index contributed by atoms with van der Waals surface area (Å²) in [6.07, 6.45) is 1.13. The molecule has 1 N–H and O–H groups in total. The molecule has 16 heavy (non-hydrogen) atoms. The second-order valence-electron chi connectivity index (χ2n) is 4.86. The number of nitrogens with one attached hydrogen (secondary N) is 1. The lowest BCUT2D eigenvalue weighted by Crippen LogP contribution is -1.99. The van der Waals surface area contributed by atoms with Crippen molar-refractivity contribution in [2.24, 2.45) is 7.05 Å². The molecule has 0 radical (unpaired) electrons. The molecular formula is C13H17N3. The SMILES string of the molecule is CC(C)c1nc2cc3c(cc2n1C)CCN3. The lowest BCUT2D eigenvalue weighted by molar-refractivity contribution is 0.722. The molecule has 0 atom stereocenters. The summed E-state index contributed by atoms with van der Waals surface area (Å²) in [5.41, 5.74) is 5.05. The zero-order valence-electron chi connectivity index (χ0n) is 10.0. The highest BCUT2D eigenvalue weighted by atomic mass is 15.1. The largest absolute Gasteiger partial charge is 0.384 e. The summed E-state index contributed by atoms with van der Waals surface area (Å²) in [6.45, 7) is 5.43. The van der Waals surface area contributed by atoms with Crippen LogP contribution in [0, 0.1) is 0 Å². The van der Waals surface area contributed by atoms with Gasteiger partial charge in [0.1, 0.15) is 5.82 Å². The second-order valence-corrected chi connectivity index (χ2v) is 4.86. The molecule has 0 amide bonds. The van der Waals surface area contributed by atoms with Gasteiger partial charge in [-0.3, -0.25) is 0 Å². The van der Waals surface area contributed by atoms with E-state index in [-0.39, 0.29) is 0 Å². The van der Waals surface area contributed by atoms with Crippen molar-refractivity contribution in [1.82, 2.24) is 9.55 Å². The summed E-state index contributed by atoms with van der Waals surface area (Å²) in [5, 5.41) is 3.40. The maximum Gasteiger partial charge on any atom is 0.112 e. The van der Waals surface area contributed by atoms with Gasteiger partial charge in [-0.25, -0.2) is 4.98 Å². The molecule has 2 aromatic rings. The van der Waals surface area contributed by atoms with Crippen LogP contribution in [0.2, 0.25) is 0 Å². The Bertz CT molecular complexity index is 552. The van der Waals surface area contributed by atoms with Gasteiger partial charge in [-0.1, -0.05) is 13.8 Å². The van der Waals surface area contributed by atoms with Gasteiger partial charge in [-0.05, 0) is 24.1 Å². The van der Waals surface area contributed by atoms with Gasteiger partial charge >= 0.3 is 0 Å². The second kappa shape index (κ2) is 3.24. The van der Waals surface area contributed by atoms with E-state index >= 15 is 0 Å². The van der Waals surface area contributed by atoms with E-state index in [1.165, 1.54) is 22.6 Å². The van der Waals surface area contributed by atoms with Crippen LogP contribution in [0.3, 0.4) is 0 Å². The van der Waals surface area contributed by atoms with Gasteiger partial charge in [0.2, 0.25) is 0 Å². The summed E-state index contributed by atoms with van der Waals surface area (Å²) >= 11 is 0. The molecule has 0 spiro atoms. The first-order valence-corrected chi connectivity index (χ1v) is 5.90. The Kier molecular flexibility index (Phi) is 1.96. The molecule has 3 rings (SSSR count). The number of hydrogen-bond acceptors (Lipinski definition) is 2. The van der Waals surface area contributed by atoms with Crippen LogP contribution >= 0.6 is 0 Å². The average molecular weight is 215 g/mol. The molecule has 0 unspecified atom stereocenters. The molecule has 0 saturated heterocycles. The fourth-order valence-electron chi connectivity index (χ4n) is 2.52. The van der Waals surface area contributed by atoms with Crippen molar-refractivity contribution < 1.29 is 0 Å². The van der Waals surface area contributed by atoms with Gasteiger partial charge in [0.15, 0.2) is 0 Å². The maximum atomic E-state index is 4.71. The summed E-state index contributed by atoms with van der Waals surface area (Å²) in [7, 11) is 2.11. The molecule has 3 nitrogen and oxygen atoms in total. The standard InChI is InChI=1S/C13H17N3/c1-8(2)13-15-11-7-10-9(4-5-14-10)6-12(11)16(13)3/h6-8,14H,4-5H2,1-3H3. The Labute approximate surface area is 95.5 Å². The normalized spacial score (nSPS) is 14.5. The highest BCUT2D eigenvalue weighted by Crippen LogP contribution is 2.29. The average Bonchev–Trinajstić information content (AvgIpc) is 2.80. The van der Waals surface area contributed by atoms with E-state index in [1.54, 1.807) is 0 Å². The number of imidazole rings is 1. The van der Waals surface area contributed by atoms with Gasteiger partial charge in [0.25, 0.3) is 0 Å². The molecule has 1 aliphatic heterocycles. The molecule has 0 saturated carbocycles. The lowest BCUT2D eigenvalue weighted by atomic mass is 10.1. The number of hydrogen-bond donors (Lipinski definition) is 1. The van der Waals surface area contributed by atoms with Gasteiger partial charge in [-0.2, -0.15) is 0 Å². The summed E-state index contributed by atoms with van der Waals surface area (Å²) < 4.78 is 2.22. The van der Waals surface area contributed by atoms with Crippen molar-refractivity contribution in [3.8, 4) is 0 Å². The maximum absolute atomic E-state index is 4.71. The molecule has 3 heteroatoms. The molecule has 0 fully saturated rings. The zero-order valence-corrected chi connectivity index (χ0v) is 10.0. The third-order valence-electron chi connectivity index (χ3n) is 3.37. The van der Waals surface area contributed by atoms with Gasteiger partial charge < -0.3 is 9.88 Å². The van der Waals surface area contributed by atoms with Crippen molar-refractivity contribution in [3.63, 3.8) is 0 Å². The monoisotopic (exact) mass is 215 g/mol. The first-order valence-electron chi connectivity index (χ1n) is 5.90. The highest BCUT2D eigenvalue weighted by molar-refractivity contribution is 5.83.